The maximum atomic E-state index is 10.4. The number of ether oxygens (including phenoxy) is 3. The van der Waals surface area contributed by atoms with E-state index in [1.807, 2.05) is 39.0 Å². The zero-order valence-electron chi connectivity index (χ0n) is 23.8. The number of aliphatic hydroxyl groups is 4. The minimum Gasteiger partial charge on any atom is -0.494 e. The molecule has 11 nitrogen and oxygen atoms in total. The van der Waals surface area contributed by atoms with Crippen molar-refractivity contribution in [2.75, 3.05) is 46.9 Å². The molecule has 3 rings (SSSR count). The van der Waals surface area contributed by atoms with E-state index in [1.54, 1.807) is 0 Å². The summed E-state index contributed by atoms with van der Waals surface area (Å²) in [5.74, 6) is 1.18. The first-order valence-corrected chi connectivity index (χ1v) is 13.7. The molecule has 5 atom stereocenters. The van der Waals surface area contributed by atoms with Gasteiger partial charge >= 0.3 is 0 Å². The van der Waals surface area contributed by atoms with Gasteiger partial charge in [-0.3, -0.25) is 5.10 Å². The van der Waals surface area contributed by atoms with E-state index in [1.165, 1.54) is 0 Å². The first-order valence-electron chi connectivity index (χ1n) is 13.7. The second-order valence-corrected chi connectivity index (χ2v) is 10.8. The monoisotopic (exact) mass is 550 g/mol. The third-order valence-corrected chi connectivity index (χ3v) is 6.92. The lowest BCUT2D eigenvalue weighted by Gasteiger charge is -2.39. The molecule has 0 radical (unpaired) electrons. The van der Waals surface area contributed by atoms with Gasteiger partial charge in [0.1, 0.15) is 30.2 Å². The molecular formula is C28H46N4O7. The van der Waals surface area contributed by atoms with E-state index < -0.39 is 37.3 Å². The quantitative estimate of drug-likeness (QED) is 0.177. The number of aromatic amines is 1. The van der Waals surface area contributed by atoms with Crippen molar-refractivity contribution in [1.82, 2.24) is 20.4 Å². The van der Waals surface area contributed by atoms with Crippen LogP contribution < -0.4 is 14.8 Å². The number of hydrogen-bond acceptors (Lipinski definition) is 10. The van der Waals surface area contributed by atoms with Crippen LogP contribution in [0.5, 0.6) is 11.6 Å². The molecule has 1 aliphatic rings. The third kappa shape index (κ3) is 8.62. The molecule has 6 N–H and O–H groups in total. The lowest BCUT2D eigenvalue weighted by molar-refractivity contribution is -0.278. The summed E-state index contributed by atoms with van der Waals surface area (Å²) in [6, 6.07) is 6.01. The summed E-state index contributed by atoms with van der Waals surface area (Å²) < 4.78 is 17.4. The van der Waals surface area contributed by atoms with E-state index in [0.717, 1.165) is 60.6 Å². The van der Waals surface area contributed by atoms with Gasteiger partial charge in [-0.1, -0.05) is 19.9 Å². The second-order valence-electron chi connectivity index (χ2n) is 10.8. The van der Waals surface area contributed by atoms with E-state index >= 15 is 0 Å². The summed E-state index contributed by atoms with van der Waals surface area (Å²) in [4.78, 5) is 2.18. The highest BCUT2D eigenvalue weighted by atomic mass is 16.7. The average Bonchev–Trinajstić information content (AvgIpc) is 3.29. The Hall–Kier alpha value is -2.25. The Labute approximate surface area is 231 Å². The van der Waals surface area contributed by atoms with Gasteiger partial charge in [0.05, 0.1) is 13.2 Å². The Morgan fingerprint density at radius 1 is 1.10 bits per heavy atom. The average molecular weight is 551 g/mol. The standard InChI is InChI=1S/C28H46N4O7/c1-17(2)23-21(27(31-30-23)39-28-26(36)25(35)24(34)22(16-33)38-28)15-19-8-9-20(14-18(19)3)37-13-7-11-29-10-6-12-32(4)5/h8-9,14,17,22,24-26,28-29,33-36H,6-7,10-13,15-16H2,1-5H3,(H,30,31)/t22-,24+,25+,26-,28+/m1/s1. The van der Waals surface area contributed by atoms with Gasteiger partial charge < -0.3 is 44.9 Å². The normalized spacial score (nSPS) is 23.5. The second kappa shape index (κ2) is 14.9. The lowest BCUT2D eigenvalue weighted by Crippen LogP contribution is -2.60. The molecule has 0 spiro atoms. The van der Waals surface area contributed by atoms with Crippen molar-refractivity contribution in [3.63, 3.8) is 0 Å². The number of H-pyrrole nitrogens is 1. The van der Waals surface area contributed by atoms with Crippen LogP contribution >= 0.6 is 0 Å². The predicted molar refractivity (Wildman–Crippen MR) is 147 cm³/mol. The predicted octanol–water partition coefficient (Wildman–Crippen LogP) is 0.921. The topological polar surface area (TPSA) is 153 Å². The first-order chi connectivity index (χ1) is 18.6. The Balaban J connectivity index is 1.62. The van der Waals surface area contributed by atoms with E-state index in [-0.39, 0.29) is 11.8 Å². The van der Waals surface area contributed by atoms with Crippen LogP contribution in [-0.2, 0) is 11.2 Å². The summed E-state index contributed by atoms with van der Waals surface area (Å²) in [6.07, 6.45) is -4.30. The Morgan fingerprint density at radius 2 is 1.85 bits per heavy atom. The molecule has 11 heteroatoms. The van der Waals surface area contributed by atoms with Crippen LogP contribution in [0.4, 0.5) is 0 Å². The molecule has 0 amide bonds. The van der Waals surface area contributed by atoms with Crippen molar-refractivity contribution < 1.29 is 34.6 Å². The zero-order valence-corrected chi connectivity index (χ0v) is 23.8. The number of aryl methyl sites for hydroxylation is 1. The van der Waals surface area contributed by atoms with Crippen molar-refractivity contribution in [3.05, 3.63) is 40.6 Å². The number of nitrogens with one attached hydrogen (secondary N) is 2. The molecule has 39 heavy (non-hydrogen) atoms. The number of rotatable bonds is 15. The van der Waals surface area contributed by atoms with Gasteiger partial charge in [0, 0.05) is 17.7 Å². The number of hydrogen-bond donors (Lipinski definition) is 6. The van der Waals surface area contributed by atoms with Gasteiger partial charge in [-0.05, 0) is 82.7 Å². The Kier molecular flexibility index (Phi) is 12.0. The van der Waals surface area contributed by atoms with Crippen LogP contribution in [-0.4, -0.2) is 113 Å². The lowest BCUT2D eigenvalue weighted by atomic mass is 9.96. The maximum absolute atomic E-state index is 10.4. The van der Waals surface area contributed by atoms with E-state index in [4.69, 9.17) is 14.2 Å². The Bertz CT molecular complexity index is 1010. The van der Waals surface area contributed by atoms with Gasteiger partial charge in [-0.25, -0.2) is 0 Å². The molecule has 0 bridgehead atoms. The maximum Gasteiger partial charge on any atom is 0.238 e. The van der Waals surface area contributed by atoms with E-state index in [9.17, 15) is 20.4 Å². The van der Waals surface area contributed by atoms with Gasteiger partial charge in [-0.2, -0.15) is 0 Å². The highest BCUT2D eigenvalue weighted by molar-refractivity contribution is 5.42. The smallest absolute Gasteiger partial charge is 0.238 e. The third-order valence-electron chi connectivity index (χ3n) is 6.92. The molecule has 0 aliphatic carbocycles. The summed E-state index contributed by atoms with van der Waals surface area (Å²) in [6.45, 7) is 9.20. The summed E-state index contributed by atoms with van der Waals surface area (Å²) in [5.41, 5.74) is 3.81. The van der Waals surface area contributed by atoms with Crippen molar-refractivity contribution in [2.24, 2.45) is 0 Å². The van der Waals surface area contributed by atoms with Crippen LogP contribution in [0.15, 0.2) is 18.2 Å². The number of benzene rings is 1. The summed E-state index contributed by atoms with van der Waals surface area (Å²) >= 11 is 0. The number of nitrogens with zero attached hydrogens (tertiary/aromatic N) is 2. The molecule has 1 aliphatic heterocycles. The number of aromatic nitrogens is 2. The van der Waals surface area contributed by atoms with Crippen molar-refractivity contribution in [3.8, 4) is 11.6 Å². The first kappa shape index (κ1) is 31.3. The summed E-state index contributed by atoms with van der Waals surface area (Å²) in [5, 5.41) is 50.9. The van der Waals surface area contributed by atoms with E-state index in [2.05, 4.69) is 34.5 Å². The van der Waals surface area contributed by atoms with Crippen molar-refractivity contribution in [1.29, 1.82) is 0 Å². The molecular weight excluding hydrogens is 504 g/mol. The minimum atomic E-state index is -1.53. The van der Waals surface area contributed by atoms with Gasteiger partial charge in [0.15, 0.2) is 0 Å². The minimum absolute atomic E-state index is 0.124. The van der Waals surface area contributed by atoms with Crippen LogP contribution in [0.2, 0.25) is 0 Å². The van der Waals surface area contributed by atoms with E-state index in [0.29, 0.717) is 13.0 Å². The Morgan fingerprint density at radius 3 is 2.51 bits per heavy atom. The highest BCUT2D eigenvalue weighted by Crippen LogP contribution is 2.32. The molecule has 2 heterocycles. The summed E-state index contributed by atoms with van der Waals surface area (Å²) in [7, 11) is 4.16. The van der Waals surface area contributed by atoms with Gasteiger partial charge in [0.2, 0.25) is 12.2 Å². The fourth-order valence-electron chi connectivity index (χ4n) is 4.56. The van der Waals surface area contributed by atoms with Crippen molar-refractivity contribution >= 4 is 0 Å². The SMILES string of the molecule is Cc1cc(OCCCNCCCN(C)C)ccc1Cc1c(O[C@@H]2O[C@H](CO)[C@H](O)[C@H](O)[C@H]2O)n[nH]c1C(C)C. The molecule has 1 aromatic heterocycles. The molecule has 1 fully saturated rings. The van der Waals surface area contributed by atoms with Gasteiger partial charge in [0.25, 0.3) is 0 Å². The number of aliphatic hydroxyl groups excluding tert-OH is 4. The van der Waals surface area contributed by atoms with Crippen molar-refractivity contribution in [2.45, 2.75) is 76.7 Å². The highest BCUT2D eigenvalue weighted by Gasteiger charge is 2.45. The van der Waals surface area contributed by atoms with Crippen LogP contribution in [0.3, 0.4) is 0 Å². The zero-order chi connectivity index (χ0) is 28.5. The molecule has 0 unspecified atom stereocenters. The van der Waals surface area contributed by atoms with Crippen LogP contribution in [0.25, 0.3) is 0 Å². The molecule has 220 valence electrons. The van der Waals surface area contributed by atoms with Crippen LogP contribution in [0, 0.1) is 6.92 Å². The molecule has 2 aromatic rings. The fraction of sp³-hybridized carbons (Fsp3) is 0.679. The molecule has 1 saturated heterocycles. The molecule has 0 saturated carbocycles. The van der Waals surface area contributed by atoms with Crippen LogP contribution in [0.1, 0.15) is 55.0 Å². The fourth-order valence-corrected chi connectivity index (χ4v) is 4.56. The van der Waals surface area contributed by atoms with Gasteiger partial charge in [-0.15, -0.1) is 5.10 Å². The molecule has 1 aromatic carbocycles. The largest absolute Gasteiger partial charge is 0.494 e.